The number of hydrogen-bond acceptors (Lipinski definition) is 5. The lowest BCUT2D eigenvalue weighted by Gasteiger charge is -2.29. The number of ketones is 1. The number of nitrogens with zero attached hydrogens (tertiary/aromatic N) is 3. The van der Waals surface area contributed by atoms with Crippen LogP contribution in [0.2, 0.25) is 0 Å². The highest BCUT2D eigenvalue weighted by Crippen LogP contribution is 2.31. The molecule has 0 spiro atoms. The van der Waals surface area contributed by atoms with Crippen LogP contribution in [-0.2, 0) is 17.8 Å². The van der Waals surface area contributed by atoms with Gasteiger partial charge in [0.15, 0.2) is 5.65 Å². The van der Waals surface area contributed by atoms with Crippen LogP contribution in [0.1, 0.15) is 44.0 Å². The molecule has 5 rings (SSSR count). The van der Waals surface area contributed by atoms with Crippen molar-refractivity contribution in [1.29, 1.82) is 0 Å². The van der Waals surface area contributed by atoms with Crippen molar-refractivity contribution in [2.45, 2.75) is 51.6 Å². The van der Waals surface area contributed by atoms with Gasteiger partial charge in [0, 0.05) is 41.5 Å². The number of nitrogens with one attached hydrogen (secondary N) is 2. The third-order valence-corrected chi connectivity index (χ3v) is 6.33. The third kappa shape index (κ3) is 3.70. The van der Waals surface area contributed by atoms with Gasteiger partial charge in [-0.1, -0.05) is 19.4 Å². The van der Waals surface area contributed by atoms with Crippen LogP contribution in [0.4, 0.5) is 5.82 Å². The number of anilines is 1. The van der Waals surface area contributed by atoms with E-state index >= 15 is 0 Å². The summed E-state index contributed by atoms with van der Waals surface area (Å²) in [5.74, 6) is 1.73. The van der Waals surface area contributed by atoms with Crippen molar-refractivity contribution in [3.05, 3.63) is 41.7 Å². The molecule has 1 aliphatic carbocycles. The van der Waals surface area contributed by atoms with Crippen molar-refractivity contribution in [3.8, 4) is 11.3 Å². The smallest absolute Gasteiger partial charge is 0.180 e. The van der Waals surface area contributed by atoms with E-state index < -0.39 is 0 Å². The molecular weight excluding hydrogens is 388 g/mol. The van der Waals surface area contributed by atoms with Gasteiger partial charge in [0.05, 0.1) is 11.6 Å². The third-order valence-electron chi connectivity index (χ3n) is 6.33. The predicted octanol–water partition coefficient (Wildman–Crippen LogP) is 4.19. The Labute approximate surface area is 181 Å². The van der Waals surface area contributed by atoms with Crippen LogP contribution in [0.25, 0.3) is 33.3 Å². The highest BCUT2D eigenvalue weighted by atomic mass is 16.1. The average Bonchev–Trinajstić information content (AvgIpc) is 3.36. The SMILES string of the molecule is CCc1nc2nc(N)cc(-c3cc4cc(CN(C)C5CCCCC5=O)ccc4[nH]3)c2[nH]1. The van der Waals surface area contributed by atoms with Gasteiger partial charge in [-0.2, -0.15) is 0 Å². The van der Waals surface area contributed by atoms with Crippen molar-refractivity contribution in [1.82, 2.24) is 24.8 Å². The second-order valence-electron chi connectivity index (χ2n) is 8.58. The second-order valence-corrected chi connectivity index (χ2v) is 8.58. The summed E-state index contributed by atoms with van der Waals surface area (Å²) in [6.07, 6.45) is 4.66. The fourth-order valence-corrected chi connectivity index (χ4v) is 4.69. The lowest BCUT2D eigenvalue weighted by atomic mass is 9.93. The molecule has 4 N–H and O–H groups in total. The minimum absolute atomic E-state index is 0.0486. The number of carbonyl (C=O) groups excluding carboxylic acids is 1. The molecule has 1 aliphatic rings. The highest BCUT2D eigenvalue weighted by molar-refractivity contribution is 5.95. The van der Waals surface area contributed by atoms with E-state index in [9.17, 15) is 4.79 Å². The first kappa shape index (κ1) is 19.8. The lowest BCUT2D eigenvalue weighted by Crippen LogP contribution is -2.39. The number of fused-ring (bicyclic) bond motifs is 2. The maximum absolute atomic E-state index is 12.3. The highest BCUT2D eigenvalue weighted by Gasteiger charge is 2.25. The molecule has 7 heteroatoms. The van der Waals surface area contributed by atoms with E-state index in [1.54, 1.807) is 0 Å². The van der Waals surface area contributed by atoms with E-state index in [0.29, 0.717) is 23.7 Å². The Bertz CT molecular complexity index is 1270. The summed E-state index contributed by atoms with van der Waals surface area (Å²) in [6, 6.07) is 10.5. The molecule has 1 fully saturated rings. The van der Waals surface area contributed by atoms with Gasteiger partial charge in [-0.3, -0.25) is 9.69 Å². The Morgan fingerprint density at radius 2 is 2.03 bits per heavy atom. The molecule has 0 bridgehead atoms. The van der Waals surface area contributed by atoms with E-state index in [1.165, 1.54) is 5.56 Å². The molecule has 31 heavy (non-hydrogen) atoms. The van der Waals surface area contributed by atoms with Gasteiger partial charge in [-0.05, 0) is 49.7 Å². The number of nitrogen functional groups attached to an aromatic ring is 1. The Kier molecular flexibility index (Phi) is 4.98. The maximum Gasteiger partial charge on any atom is 0.180 e. The van der Waals surface area contributed by atoms with E-state index in [-0.39, 0.29) is 6.04 Å². The normalized spacial score (nSPS) is 17.3. The topological polar surface area (TPSA) is 104 Å². The number of pyridine rings is 1. The molecule has 1 aromatic carbocycles. The van der Waals surface area contributed by atoms with Crippen LogP contribution >= 0.6 is 0 Å². The van der Waals surface area contributed by atoms with Crippen molar-refractivity contribution in [2.75, 3.05) is 12.8 Å². The summed E-state index contributed by atoms with van der Waals surface area (Å²) in [5, 5.41) is 1.13. The van der Waals surface area contributed by atoms with Crippen LogP contribution in [0.5, 0.6) is 0 Å². The fourth-order valence-electron chi connectivity index (χ4n) is 4.69. The van der Waals surface area contributed by atoms with Gasteiger partial charge in [0.2, 0.25) is 0 Å². The number of imidazole rings is 1. The number of likely N-dealkylation sites (N-methyl/N-ethyl adjacent to an activating group) is 1. The maximum atomic E-state index is 12.3. The minimum atomic E-state index is 0.0486. The summed E-state index contributed by atoms with van der Waals surface area (Å²) < 4.78 is 0. The van der Waals surface area contributed by atoms with Gasteiger partial charge >= 0.3 is 0 Å². The first-order valence-electron chi connectivity index (χ1n) is 11.0. The summed E-state index contributed by atoms with van der Waals surface area (Å²) in [6.45, 7) is 2.82. The quantitative estimate of drug-likeness (QED) is 0.452. The Morgan fingerprint density at radius 3 is 2.84 bits per heavy atom. The number of H-pyrrole nitrogens is 2. The van der Waals surface area contributed by atoms with Crippen LogP contribution in [0, 0.1) is 0 Å². The number of aromatic nitrogens is 4. The number of hydrogen-bond donors (Lipinski definition) is 3. The molecule has 0 saturated heterocycles. The Balaban J connectivity index is 1.47. The zero-order chi connectivity index (χ0) is 21.5. The molecule has 4 aromatic rings. The summed E-state index contributed by atoms with van der Waals surface area (Å²) in [5.41, 5.74) is 11.8. The molecule has 0 aliphatic heterocycles. The van der Waals surface area contributed by atoms with Gasteiger partial charge in [0.25, 0.3) is 0 Å². The van der Waals surface area contributed by atoms with Crippen molar-refractivity contribution in [2.24, 2.45) is 0 Å². The first-order valence-corrected chi connectivity index (χ1v) is 11.0. The van der Waals surface area contributed by atoms with E-state index in [1.807, 2.05) is 6.07 Å². The number of aromatic amines is 2. The zero-order valence-corrected chi connectivity index (χ0v) is 18.0. The van der Waals surface area contributed by atoms with Crippen LogP contribution in [-0.4, -0.2) is 43.7 Å². The number of nitrogens with two attached hydrogens (primary N) is 1. The summed E-state index contributed by atoms with van der Waals surface area (Å²) in [4.78, 5) is 30.3. The number of aryl methyl sites for hydroxylation is 1. The largest absolute Gasteiger partial charge is 0.384 e. The molecule has 0 radical (unpaired) electrons. The molecule has 1 saturated carbocycles. The van der Waals surface area contributed by atoms with E-state index in [4.69, 9.17) is 5.73 Å². The Morgan fingerprint density at radius 1 is 1.16 bits per heavy atom. The van der Waals surface area contributed by atoms with Gasteiger partial charge < -0.3 is 15.7 Å². The molecule has 3 aromatic heterocycles. The van der Waals surface area contributed by atoms with Gasteiger partial charge in [-0.15, -0.1) is 0 Å². The predicted molar refractivity (Wildman–Crippen MR) is 124 cm³/mol. The molecule has 1 unspecified atom stereocenters. The van der Waals surface area contributed by atoms with Gasteiger partial charge in [0.1, 0.15) is 17.4 Å². The number of carbonyl (C=O) groups is 1. The molecule has 0 amide bonds. The summed E-state index contributed by atoms with van der Waals surface area (Å²) >= 11 is 0. The van der Waals surface area contributed by atoms with Crippen LogP contribution in [0.3, 0.4) is 0 Å². The van der Waals surface area contributed by atoms with Crippen molar-refractivity contribution in [3.63, 3.8) is 0 Å². The van der Waals surface area contributed by atoms with Crippen molar-refractivity contribution >= 4 is 33.7 Å². The van der Waals surface area contributed by atoms with Crippen molar-refractivity contribution < 1.29 is 4.79 Å². The molecule has 1 atom stereocenters. The molecule has 3 heterocycles. The zero-order valence-electron chi connectivity index (χ0n) is 18.0. The Hall–Kier alpha value is -3.19. The molecule has 160 valence electrons. The fraction of sp³-hybridized carbons (Fsp3) is 0.375. The summed E-state index contributed by atoms with van der Waals surface area (Å²) in [7, 11) is 2.06. The monoisotopic (exact) mass is 416 g/mol. The van der Waals surface area contributed by atoms with E-state index in [2.05, 4.69) is 63.1 Å². The molecule has 7 nitrogen and oxygen atoms in total. The number of benzene rings is 1. The second kappa shape index (κ2) is 7.81. The first-order chi connectivity index (χ1) is 15.0. The minimum Gasteiger partial charge on any atom is -0.384 e. The van der Waals surface area contributed by atoms with E-state index in [0.717, 1.165) is 65.7 Å². The number of rotatable bonds is 5. The van der Waals surface area contributed by atoms with Gasteiger partial charge in [-0.25, -0.2) is 9.97 Å². The molecular formula is C24H28N6O. The average molecular weight is 417 g/mol. The standard InChI is InChI=1S/C24H28N6O/c1-3-22-28-23-16(12-21(25)27-24(23)29-22)18-11-15-10-14(8-9-17(15)26-18)13-30(2)19-6-4-5-7-20(19)31/h8-12,19,26H,3-7,13H2,1-2H3,(H3,25,27,28,29). The number of Topliss-reactive ketones (excluding diaryl/α,β-unsaturated/α-hetero) is 1. The van der Waals surface area contributed by atoms with Crippen LogP contribution < -0.4 is 5.73 Å². The van der Waals surface area contributed by atoms with Crippen LogP contribution in [0.15, 0.2) is 30.3 Å². The lowest BCUT2D eigenvalue weighted by molar-refractivity contribution is -0.125.